The predicted octanol–water partition coefficient (Wildman–Crippen LogP) is 1.92. The van der Waals surface area contributed by atoms with Crippen molar-refractivity contribution >= 4 is 6.03 Å². The van der Waals surface area contributed by atoms with Gasteiger partial charge in [0.1, 0.15) is 0 Å². The summed E-state index contributed by atoms with van der Waals surface area (Å²) >= 11 is 0. The summed E-state index contributed by atoms with van der Waals surface area (Å²) in [5.41, 5.74) is 0.284. The highest BCUT2D eigenvalue weighted by molar-refractivity contribution is 5.74. The zero-order valence-electron chi connectivity index (χ0n) is 13.7. The van der Waals surface area contributed by atoms with Gasteiger partial charge in [-0.15, -0.1) is 0 Å². The van der Waals surface area contributed by atoms with Crippen molar-refractivity contribution in [3.63, 3.8) is 0 Å². The molecular formula is C16H22F3N3O2. The Morgan fingerprint density at radius 1 is 1.38 bits per heavy atom. The maximum absolute atomic E-state index is 13.6. The smallest absolute Gasteiger partial charge is 0.315 e. The third-order valence-corrected chi connectivity index (χ3v) is 4.22. The molecule has 5 nitrogen and oxygen atoms in total. The van der Waals surface area contributed by atoms with Crippen LogP contribution >= 0.6 is 0 Å². The molecule has 24 heavy (non-hydrogen) atoms. The molecule has 134 valence electrons. The Labute approximate surface area is 138 Å². The first-order chi connectivity index (χ1) is 11.4. The van der Waals surface area contributed by atoms with Crippen LogP contribution in [0.1, 0.15) is 31.9 Å². The number of carbonyl (C=O) groups excluding carboxylic acids is 1. The fourth-order valence-corrected chi connectivity index (χ4v) is 3.03. The molecule has 0 aliphatic carbocycles. The number of amides is 2. The topological polar surface area (TPSA) is 64.6 Å². The van der Waals surface area contributed by atoms with Crippen LogP contribution in [0, 0.1) is 17.5 Å². The van der Waals surface area contributed by atoms with Gasteiger partial charge in [0, 0.05) is 6.54 Å². The average molecular weight is 345 g/mol. The van der Waals surface area contributed by atoms with E-state index in [-0.39, 0.29) is 18.2 Å². The molecule has 1 saturated heterocycles. The number of benzene rings is 1. The Balaban J connectivity index is 2.21. The number of nitrogens with zero attached hydrogens (tertiary/aromatic N) is 1. The SMILES string of the molecule is CCN1CC[C@H](NC(=O)N[C@@H](C)CO)[C@H]1c1cc(F)c(F)c(F)c1. The number of halogens is 3. The third kappa shape index (κ3) is 3.99. The normalized spacial score (nSPS) is 22.4. The van der Waals surface area contributed by atoms with Gasteiger partial charge in [0.25, 0.3) is 0 Å². The summed E-state index contributed by atoms with van der Waals surface area (Å²) in [6.07, 6.45) is 0.597. The first kappa shape index (κ1) is 18.5. The van der Waals surface area contributed by atoms with Gasteiger partial charge in [-0.05, 0) is 37.6 Å². The molecule has 3 atom stereocenters. The number of aliphatic hydroxyl groups is 1. The Morgan fingerprint density at radius 2 is 2.00 bits per heavy atom. The summed E-state index contributed by atoms with van der Waals surface area (Å²) in [5.74, 6) is -3.99. The highest BCUT2D eigenvalue weighted by atomic mass is 19.2. The van der Waals surface area contributed by atoms with Crippen molar-refractivity contribution in [2.75, 3.05) is 19.7 Å². The van der Waals surface area contributed by atoms with Crippen LogP contribution in [0.15, 0.2) is 12.1 Å². The molecule has 1 heterocycles. The number of likely N-dealkylation sites (N-methyl/N-ethyl adjacent to an activating group) is 1. The minimum absolute atomic E-state index is 0.197. The quantitative estimate of drug-likeness (QED) is 0.715. The maximum atomic E-state index is 13.6. The van der Waals surface area contributed by atoms with Gasteiger partial charge >= 0.3 is 6.03 Å². The molecule has 2 rings (SSSR count). The van der Waals surface area contributed by atoms with Gasteiger partial charge < -0.3 is 15.7 Å². The van der Waals surface area contributed by atoms with Crippen LogP contribution in [0.25, 0.3) is 0 Å². The number of hydrogen-bond acceptors (Lipinski definition) is 3. The molecule has 1 aromatic rings. The predicted molar refractivity (Wildman–Crippen MR) is 82.9 cm³/mol. The fourth-order valence-electron chi connectivity index (χ4n) is 3.03. The Hall–Kier alpha value is -1.80. The zero-order valence-corrected chi connectivity index (χ0v) is 13.7. The van der Waals surface area contributed by atoms with Gasteiger partial charge in [0.2, 0.25) is 0 Å². The molecule has 0 aromatic heterocycles. The highest BCUT2D eigenvalue weighted by Crippen LogP contribution is 2.33. The number of hydrogen-bond donors (Lipinski definition) is 3. The summed E-state index contributed by atoms with van der Waals surface area (Å²) in [7, 11) is 0. The number of carbonyl (C=O) groups is 1. The number of likely N-dealkylation sites (tertiary alicyclic amines) is 1. The summed E-state index contributed by atoms with van der Waals surface area (Å²) < 4.78 is 40.3. The van der Waals surface area contributed by atoms with Crippen LogP contribution in [-0.4, -0.2) is 47.8 Å². The van der Waals surface area contributed by atoms with Crippen LogP contribution in [0.4, 0.5) is 18.0 Å². The zero-order chi connectivity index (χ0) is 17.9. The largest absolute Gasteiger partial charge is 0.394 e. The van der Waals surface area contributed by atoms with E-state index in [1.165, 1.54) is 0 Å². The first-order valence-electron chi connectivity index (χ1n) is 7.93. The van der Waals surface area contributed by atoms with Crippen molar-refractivity contribution in [1.82, 2.24) is 15.5 Å². The third-order valence-electron chi connectivity index (χ3n) is 4.22. The number of aliphatic hydroxyl groups excluding tert-OH is 1. The van der Waals surface area contributed by atoms with E-state index in [0.29, 0.717) is 19.5 Å². The lowest BCUT2D eigenvalue weighted by atomic mass is 9.99. The fraction of sp³-hybridized carbons (Fsp3) is 0.562. The van der Waals surface area contributed by atoms with Crippen molar-refractivity contribution < 1.29 is 23.1 Å². The number of nitrogens with one attached hydrogen (secondary N) is 2. The van der Waals surface area contributed by atoms with Gasteiger partial charge in [-0.25, -0.2) is 18.0 Å². The minimum Gasteiger partial charge on any atom is -0.394 e. The molecule has 0 bridgehead atoms. The molecular weight excluding hydrogens is 323 g/mol. The maximum Gasteiger partial charge on any atom is 0.315 e. The first-order valence-corrected chi connectivity index (χ1v) is 7.93. The van der Waals surface area contributed by atoms with Crippen molar-refractivity contribution in [2.45, 2.75) is 38.4 Å². The van der Waals surface area contributed by atoms with E-state index < -0.39 is 35.6 Å². The number of rotatable bonds is 5. The molecule has 1 aromatic carbocycles. The van der Waals surface area contributed by atoms with Gasteiger partial charge in [-0.3, -0.25) is 4.90 Å². The molecule has 0 unspecified atom stereocenters. The lowest BCUT2D eigenvalue weighted by molar-refractivity contribution is 0.209. The van der Waals surface area contributed by atoms with E-state index in [9.17, 15) is 18.0 Å². The average Bonchev–Trinajstić information content (AvgIpc) is 2.94. The van der Waals surface area contributed by atoms with E-state index >= 15 is 0 Å². The van der Waals surface area contributed by atoms with Crippen molar-refractivity contribution in [2.24, 2.45) is 0 Å². The standard InChI is InChI=1S/C16H22F3N3O2/c1-3-22-5-4-13(21-16(24)20-9(2)8-23)15(22)10-6-11(17)14(19)12(18)7-10/h6-7,9,13,15,23H,3-5,8H2,1-2H3,(H2,20,21,24)/t9-,13-,15+/m0/s1. The van der Waals surface area contributed by atoms with Gasteiger partial charge in [0.05, 0.1) is 24.7 Å². The second-order valence-electron chi connectivity index (χ2n) is 5.97. The minimum atomic E-state index is -1.50. The summed E-state index contributed by atoms with van der Waals surface area (Å²) in [5, 5.41) is 14.3. The van der Waals surface area contributed by atoms with Crippen molar-refractivity contribution in [3.05, 3.63) is 35.1 Å². The highest BCUT2D eigenvalue weighted by Gasteiger charge is 2.36. The lowest BCUT2D eigenvalue weighted by Crippen LogP contribution is -2.48. The molecule has 1 aliphatic rings. The van der Waals surface area contributed by atoms with E-state index in [4.69, 9.17) is 5.11 Å². The van der Waals surface area contributed by atoms with E-state index in [1.807, 2.05) is 11.8 Å². The molecule has 8 heteroatoms. The molecule has 2 amide bonds. The Bertz CT molecular complexity index is 577. The van der Waals surface area contributed by atoms with Crippen LogP contribution in [0.3, 0.4) is 0 Å². The summed E-state index contributed by atoms with van der Waals surface area (Å²) in [6, 6.07) is 0.246. The van der Waals surface area contributed by atoms with Gasteiger partial charge in [-0.2, -0.15) is 0 Å². The summed E-state index contributed by atoms with van der Waals surface area (Å²) in [6.45, 7) is 4.62. The monoisotopic (exact) mass is 345 g/mol. The van der Waals surface area contributed by atoms with Crippen molar-refractivity contribution in [3.8, 4) is 0 Å². The van der Waals surface area contributed by atoms with Crippen LogP contribution < -0.4 is 10.6 Å². The van der Waals surface area contributed by atoms with Crippen LogP contribution in [0.5, 0.6) is 0 Å². The molecule has 0 radical (unpaired) electrons. The number of urea groups is 1. The molecule has 0 saturated carbocycles. The lowest BCUT2D eigenvalue weighted by Gasteiger charge is -2.28. The Kier molecular flexibility index (Phi) is 6.06. The second-order valence-corrected chi connectivity index (χ2v) is 5.97. The van der Waals surface area contributed by atoms with Gasteiger partial charge in [-0.1, -0.05) is 6.92 Å². The molecule has 1 fully saturated rings. The second kappa shape index (κ2) is 7.85. The molecule has 0 spiro atoms. The van der Waals surface area contributed by atoms with E-state index in [0.717, 1.165) is 12.1 Å². The van der Waals surface area contributed by atoms with Crippen LogP contribution in [0.2, 0.25) is 0 Å². The van der Waals surface area contributed by atoms with Gasteiger partial charge in [0.15, 0.2) is 17.5 Å². The van der Waals surface area contributed by atoms with Crippen molar-refractivity contribution in [1.29, 1.82) is 0 Å². The Morgan fingerprint density at radius 3 is 2.54 bits per heavy atom. The molecule has 3 N–H and O–H groups in total. The van der Waals surface area contributed by atoms with E-state index in [2.05, 4.69) is 10.6 Å². The van der Waals surface area contributed by atoms with E-state index in [1.54, 1.807) is 6.92 Å². The van der Waals surface area contributed by atoms with Crippen LogP contribution in [-0.2, 0) is 0 Å². The summed E-state index contributed by atoms with van der Waals surface area (Å²) in [4.78, 5) is 13.9. The molecule has 1 aliphatic heterocycles.